The molecule has 1 aromatic heterocycles. The summed E-state index contributed by atoms with van der Waals surface area (Å²) < 4.78 is 5.63. The quantitative estimate of drug-likeness (QED) is 0.810. The van der Waals surface area contributed by atoms with Crippen LogP contribution in [0.1, 0.15) is 48.0 Å². The van der Waals surface area contributed by atoms with Crippen LogP contribution in [0.25, 0.3) is 0 Å². The Kier molecular flexibility index (Phi) is 6.10. The average Bonchev–Trinajstić information content (AvgIpc) is 3.29. The molecule has 1 aliphatic heterocycles. The molecule has 0 aliphatic carbocycles. The van der Waals surface area contributed by atoms with Gasteiger partial charge >= 0.3 is 0 Å². The molecule has 25 heavy (non-hydrogen) atoms. The number of nitrogens with one attached hydrogen (secondary N) is 1. The third-order valence-corrected chi connectivity index (χ3v) is 5.37. The van der Waals surface area contributed by atoms with Crippen molar-refractivity contribution in [2.45, 2.75) is 38.8 Å². The molecule has 5 heteroatoms. The van der Waals surface area contributed by atoms with Crippen molar-refractivity contribution in [2.24, 2.45) is 0 Å². The van der Waals surface area contributed by atoms with E-state index in [2.05, 4.69) is 27.7 Å². The van der Waals surface area contributed by atoms with E-state index in [9.17, 15) is 4.79 Å². The Balaban J connectivity index is 1.61. The molecule has 1 saturated heterocycles. The second-order valence-electron chi connectivity index (χ2n) is 6.68. The Morgan fingerprint density at radius 1 is 1.20 bits per heavy atom. The number of carbonyl (C=O) groups excluding carboxylic acids is 1. The van der Waals surface area contributed by atoms with Crippen LogP contribution in [0.2, 0.25) is 0 Å². The number of amides is 1. The summed E-state index contributed by atoms with van der Waals surface area (Å²) in [5, 5.41) is 5.21. The van der Waals surface area contributed by atoms with Crippen molar-refractivity contribution in [1.29, 1.82) is 0 Å². The van der Waals surface area contributed by atoms with Crippen LogP contribution in [0.4, 0.5) is 0 Å². The summed E-state index contributed by atoms with van der Waals surface area (Å²) >= 11 is 1.76. The Morgan fingerprint density at radius 2 is 1.92 bits per heavy atom. The van der Waals surface area contributed by atoms with Crippen molar-refractivity contribution in [3.63, 3.8) is 0 Å². The van der Waals surface area contributed by atoms with Crippen LogP contribution in [0.15, 0.2) is 41.8 Å². The van der Waals surface area contributed by atoms with Crippen LogP contribution in [0.3, 0.4) is 0 Å². The summed E-state index contributed by atoms with van der Waals surface area (Å²) in [5.41, 5.74) is 0.669. The Morgan fingerprint density at radius 3 is 2.52 bits per heavy atom. The fraction of sp³-hybridized carbons (Fsp3) is 0.450. The summed E-state index contributed by atoms with van der Waals surface area (Å²) in [5.74, 6) is 0.761. The van der Waals surface area contributed by atoms with Crippen LogP contribution in [0, 0.1) is 0 Å². The van der Waals surface area contributed by atoms with Gasteiger partial charge in [-0.3, -0.25) is 9.69 Å². The molecular formula is C20H26N2O2S. The zero-order valence-corrected chi connectivity index (χ0v) is 15.7. The number of rotatable bonds is 7. The lowest BCUT2D eigenvalue weighted by atomic mass is 10.1. The minimum Gasteiger partial charge on any atom is -0.491 e. The van der Waals surface area contributed by atoms with E-state index in [0.717, 1.165) is 18.8 Å². The first kappa shape index (κ1) is 18.0. The topological polar surface area (TPSA) is 41.6 Å². The molecule has 2 aromatic rings. The maximum atomic E-state index is 12.5. The van der Waals surface area contributed by atoms with Gasteiger partial charge in [0.25, 0.3) is 5.91 Å². The van der Waals surface area contributed by atoms with Crippen molar-refractivity contribution in [3.05, 3.63) is 52.2 Å². The molecule has 0 saturated carbocycles. The van der Waals surface area contributed by atoms with Gasteiger partial charge in [-0.25, -0.2) is 0 Å². The van der Waals surface area contributed by atoms with Crippen molar-refractivity contribution in [1.82, 2.24) is 10.2 Å². The summed E-state index contributed by atoms with van der Waals surface area (Å²) in [7, 11) is 0. The standard InChI is InChI=1S/C20H26N2O2S/c1-15(2)24-17-9-7-16(8-10-17)20(23)21-14-18(19-6-5-13-25-19)22-11-3-4-12-22/h5-10,13,15,18H,3-4,11-12,14H2,1-2H3,(H,21,23)/t18-/m0/s1. The van der Waals surface area contributed by atoms with Crippen LogP contribution >= 0.6 is 11.3 Å². The number of thiophene rings is 1. The first-order valence-corrected chi connectivity index (χ1v) is 9.84. The molecule has 4 nitrogen and oxygen atoms in total. The van der Waals surface area contributed by atoms with Gasteiger partial charge < -0.3 is 10.1 Å². The van der Waals surface area contributed by atoms with Gasteiger partial charge in [0.2, 0.25) is 0 Å². The van der Waals surface area contributed by atoms with E-state index in [4.69, 9.17) is 4.74 Å². The third kappa shape index (κ3) is 4.83. The number of benzene rings is 1. The highest BCUT2D eigenvalue weighted by atomic mass is 32.1. The molecule has 2 heterocycles. The van der Waals surface area contributed by atoms with Crippen LogP contribution in [0.5, 0.6) is 5.75 Å². The molecule has 1 atom stereocenters. The largest absolute Gasteiger partial charge is 0.491 e. The number of nitrogens with zero attached hydrogens (tertiary/aromatic N) is 1. The highest BCUT2D eigenvalue weighted by molar-refractivity contribution is 7.10. The van der Waals surface area contributed by atoms with Gasteiger partial charge in [-0.2, -0.15) is 0 Å². The van der Waals surface area contributed by atoms with Gasteiger partial charge in [0, 0.05) is 17.0 Å². The van der Waals surface area contributed by atoms with E-state index in [1.165, 1.54) is 17.7 Å². The zero-order chi connectivity index (χ0) is 17.6. The lowest BCUT2D eigenvalue weighted by molar-refractivity contribution is 0.0938. The van der Waals surface area contributed by atoms with Gasteiger partial charge in [0.05, 0.1) is 12.1 Å². The van der Waals surface area contributed by atoms with Crippen molar-refractivity contribution >= 4 is 17.2 Å². The molecule has 0 bridgehead atoms. The maximum absolute atomic E-state index is 12.5. The molecule has 0 radical (unpaired) electrons. The summed E-state index contributed by atoms with van der Waals surface area (Å²) in [6.07, 6.45) is 2.62. The summed E-state index contributed by atoms with van der Waals surface area (Å²) in [6, 6.07) is 11.9. The van der Waals surface area contributed by atoms with E-state index in [-0.39, 0.29) is 18.1 Å². The second-order valence-corrected chi connectivity index (χ2v) is 7.65. The number of likely N-dealkylation sites (tertiary alicyclic amines) is 1. The Hall–Kier alpha value is -1.85. The number of ether oxygens (including phenoxy) is 1. The molecule has 3 rings (SSSR count). The van der Waals surface area contributed by atoms with Crippen molar-refractivity contribution in [2.75, 3.05) is 19.6 Å². The summed E-state index contributed by atoms with van der Waals surface area (Å²) in [4.78, 5) is 16.3. The molecular weight excluding hydrogens is 332 g/mol. The van der Waals surface area contributed by atoms with Gasteiger partial charge in [-0.15, -0.1) is 11.3 Å². The minimum absolute atomic E-state index is 0.0307. The fourth-order valence-electron chi connectivity index (χ4n) is 3.19. The molecule has 0 spiro atoms. The predicted molar refractivity (Wildman–Crippen MR) is 102 cm³/mol. The second kappa shape index (κ2) is 8.50. The third-order valence-electron chi connectivity index (χ3n) is 4.40. The smallest absolute Gasteiger partial charge is 0.251 e. The van der Waals surface area contributed by atoms with Gasteiger partial charge in [0.15, 0.2) is 0 Å². The van der Waals surface area contributed by atoms with E-state index in [1.54, 1.807) is 11.3 Å². The SMILES string of the molecule is CC(C)Oc1ccc(C(=O)NC[C@@H](c2cccs2)N2CCCC2)cc1. The average molecular weight is 359 g/mol. The predicted octanol–water partition coefficient (Wildman–Crippen LogP) is 4.10. The monoisotopic (exact) mass is 358 g/mol. The van der Waals surface area contributed by atoms with Gasteiger partial charge in [-0.1, -0.05) is 6.07 Å². The fourth-order valence-corrected chi connectivity index (χ4v) is 4.05. The normalized spacial score (nSPS) is 16.1. The molecule has 1 fully saturated rings. The van der Waals surface area contributed by atoms with Crippen LogP contribution in [-0.4, -0.2) is 36.5 Å². The number of hydrogen-bond donors (Lipinski definition) is 1. The lowest BCUT2D eigenvalue weighted by Gasteiger charge is -2.27. The summed E-state index contributed by atoms with van der Waals surface area (Å²) in [6.45, 7) is 6.84. The highest BCUT2D eigenvalue weighted by Crippen LogP contribution is 2.28. The molecule has 1 N–H and O–H groups in total. The Bertz CT molecular complexity index is 662. The zero-order valence-electron chi connectivity index (χ0n) is 14.9. The number of hydrogen-bond acceptors (Lipinski definition) is 4. The Labute approximate surface area is 153 Å². The van der Waals surface area contributed by atoms with Crippen molar-refractivity contribution in [3.8, 4) is 5.75 Å². The van der Waals surface area contributed by atoms with Crippen LogP contribution < -0.4 is 10.1 Å². The molecule has 134 valence electrons. The maximum Gasteiger partial charge on any atom is 0.251 e. The molecule has 0 unspecified atom stereocenters. The van der Waals surface area contributed by atoms with E-state index in [1.807, 2.05) is 38.1 Å². The molecule has 1 aliphatic rings. The minimum atomic E-state index is -0.0307. The van der Waals surface area contributed by atoms with Crippen molar-refractivity contribution < 1.29 is 9.53 Å². The number of carbonyl (C=O) groups is 1. The lowest BCUT2D eigenvalue weighted by Crippen LogP contribution is -2.36. The van der Waals surface area contributed by atoms with Gasteiger partial charge in [-0.05, 0) is 75.5 Å². The van der Waals surface area contributed by atoms with E-state index < -0.39 is 0 Å². The first-order chi connectivity index (χ1) is 12.1. The van der Waals surface area contributed by atoms with E-state index >= 15 is 0 Å². The molecule has 1 aromatic carbocycles. The van der Waals surface area contributed by atoms with E-state index in [0.29, 0.717) is 12.1 Å². The van der Waals surface area contributed by atoms with Gasteiger partial charge in [0.1, 0.15) is 5.75 Å². The highest BCUT2D eigenvalue weighted by Gasteiger charge is 2.24. The first-order valence-electron chi connectivity index (χ1n) is 8.96. The van der Waals surface area contributed by atoms with Crippen LogP contribution in [-0.2, 0) is 0 Å². The molecule has 1 amide bonds.